The Morgan fingerprint density at radius 1 is 1.28 bits per heavy atom. The number of benzene rings is 1. The Balaban J connectivity index is 2.27. The Bertz CT molecular complexity index is 395. The molecule has 1 aromatic rings. The second-order valence-corrected chi connectivity index (χ2v) is 4.69. The van der Waals surface area contributed by atoms with Crippen LogP contribution in [0.3, 0.4) is 0 Å². The van der Waals surface area contributed by atoms with Gasteiger partial charge in [-0.3, -0.25) is 9.59 Å². The molecule has 0 aliphatic heterocycles. The Labute approximate surface area is 112 Å². The van der Waals surface area contributed by atoms with E-state index in [0.29, 0.717) is 19.4 Å². The molecule has 98 valence electrons. The number of thiol groups is 1. The first kappa shape index (κ1) is 14.6. The summed E-state index contributed by atoms with van der Waals surface area (Å²) in [6, 6.07) is 9.72. The van der Waals surface area contributed by atoms with Gasteiger partial charge in [0.05, 0.1) is 5.25 Å². The predicted octanol–water partition coefficient (Wildman–Crippen LogP) is 0.909. The normalized spacial score (nSPS) is 11.8. The number of primary amides is 1. The van der Waals surface area contributed by atoms with Gasteiger partial charge in [-0.05, 0) is 18.4 Å². The maximum Gasteiger partial charge on any atom is 0.233 e. The summed E-state index contributed by atoms with van der Waals surface area (Å²) in [6.07, 6.45) is 1.44. The molecule has 0 fully saturated rings. The van der Waals surface area contributed by atoms with Crippen LogP contribution in [0.4, 0.5) is 0 Å². The van der Waals surface area contributed by atoms with Crippen LogP contribution in [0, 0.1) is 0 Å². The van der Waals surface area contributed by atoms with Crippen molar-refractivity contribution in [3.05, 3.63) is 35.9 Å². The van der Waals surface area contributed by atoms with E-state index in [2.05, 4.69) is 17.9 Å². The van der Waals surface area contributed by atoms with Crippen molar-refractivity contribution < 1.29 is 9.59 Å². The Morgan fingerprint density at radius 2 is 1.94 bits per heavy atom. The van der Waals surface area contributed by atoms with Crippen LogP contribution in [-0.4, -0.2) is 23.6 Å². The molecule has 0 unspecified atom stereocenters. The van der Waals surface area contributed by atoms with Crippen LogP contribution < -0.4 is 11.1 Å². The van der Waals surface area contributed by atoms with Gasteiger partial charge in [-0.15, -0.1) is 0 Å². The Morgan fingerprint density at radius 3 is 2.56 bits per heavy atom. The molecule has 18 heavy (non-hydrogen) atoms. The van der Waals surface area contributed by atoms with Crippen LogP contribution in [0.5, 0.6) is 0 Å². The Kier molecular flexibility index (Phi) is 6.28. The van der Waals surface area contributed by atoms with Crippen molar-refractivity contribution in [1.29, 1.82) is 0 Å². The Hall–Kier alpha value is -1.49. The molecule has 0 saturated heterocycles. The summed E-state index contributed by atoms with van der Waals surface area (Å²) in [6.45, 7) is 0.452. The van der Waals surface area contributed by atoms with Gasteiger partial charge in [0, 0.05) is 13.0 Å². The molecule has 0 radical (unpaired) electrons. The van der Waals surface area contributed by atoms with Gasteiger partial charge < -0.3 is 11.1 Å². The number of rotatable bonds is 7. The number of hydrogen-bond acceptors (Lipinski definition) is 3. The zero-order valence-corrected chi connectivity index (χ0v) is 11.0. The largest absolute Gasteiger partial charge is 0.370 e. The maximum atomic E-state index is 11.7. The number of amides is 2. The fraction of sp³-hybridized carbons (Fsp3) is 0.385. The molecule has 1 aromatic carbocycles. The van der Waals surface area contributed by atoms with Gasteiger partial charge in [-0.2, -0.15) is 12.6 Å². The molecule has 0 heterocycles. The van der Waals surface area contributed by atoms with Gasteiger partial charge in [-0.25, -0.2) is 0 Å². The highest BCUT2D eigenvalue weighted by Gasteiger charge is 2.13. The quantitative estimate of drug-likeness (QED) is 0.507. The second kappa shape index (κ2) is 7.76. The molecule has 0 aromatic heterocycles. The van der Waals surface area contributed by atoms with E-state index in [0.717, 1.165) is 5.56 Å². The fourth-order valence-electron chi connectivity index (χ4n) is 1.52. The zero-order chi connectivity index (χ0) is 13.4. The highest BCUT2D eigenvalue weighted by atomic mass is 32.1. The van der Waals surface area contributed by atoms with Crippen molar-refractivity contribution in [2.24, 2.45) is 5.73 Å². The van der Waals surface area contributed by atoms with Crippen LogP contribution in [0.2, 0.25) is 0 Å². The lowest BCUT2D eigenvalue weighted by molar-refractivity contribution is -0.121. The van der Waals surface area contributed by atoms with Crippen molar-refractivity contribution in [2.45, 2.75) is 24.5 Å². The molecule has 0 bridgehead atoms. The molecule has 0 aliphatic rings. The summed E-state index contributed by atoms with van der Waals surface area (Å²) in [5, 5.41) is 2.36. The average Bonchev–Trinajstić information content (AvgIpc) is 2.35. The summed E-state index contributed by atoms with van der Waals surface area (Å²) in [7, 11) is 0. The van der Waals surface area contributed by atoms with Gasteiger partial charge in [0.1, 0.15) is 0 Å². The van der Waals surface area contributed by atoms with Crippen LogP contribution in [-0.2, 0) is 16.0 Å². The molecular weight excluding hydrogens is 248 g/mol. The minimum Gasteiger partial charge on any atom is -0.370 e. The molecular formula is C13H18N2O2S. The van der Waals surface area contributed by atoms with Crippen molar-refractivity contribution >= 4 is 24.4 Å². The fourth-order valence-corrected chi connectivity index (χ4v) is 1.82. The third kappa shape index (κ3) is 5.72. The predicted molar refractivity (Wildman–Crippen MR) is 74.4 cm³/mol. The molecule has 1 rings (SSSR count). The molecule has 5 heteroatoms. The summed E-state index contributed by atoms with van der Waals surface area (Å²) >= 11 is 4.28. The van der Waals surface area contributed by atoms with Crippen molar-refractivity contribution in [2.75, 3.05) is 6.54 Å². The third-order valence-corrected chi connectivity index (χ3v) is 2.89. The number of hydrogen-bond donors (Lipinski definition) is 3. The average molecular weight is 266 g/mol. The number of nitrogens with one attached hydrogen (secondary N) is 1. The SMILES string of the molecule is NC(=O)CCCNC(=O)[C@H](S)Cc1ccccc1. The molecule has 1 atom stereocenters. The minimum atomic E-state index is -0.374. The highest BCUT2D eigenvalue weighted by Crippen LogP contribution is 2.07. The van der Waals surface area contributed by atoms with Crippen LogP contribution >= 0.6 is 12.6 Å². The van der Waals surface area contributed by atoms with E-state index in [-0.39, 0.29) is 23.5 Å². The maximum absolute atomic E-state index is 11.7. The molecule has 0 spiro atoms. The van der Waals surface area contributed by atoms with Gasteiger partial charge in [0.2, 0.25) is 11.8 Å². The zero-order valence-electron chi connectivity index (χ0n) is 10.1. The molecule has 0 saturated carbocycles. The van der Waals surface area contributed by atoms with Gasteiger partial charge >= 0.3 is 0 Å². The van der Waals surface area contributed by atoms with Crippen LogP contribution in [0.15, 0.2) is 30.3 Å². The lowest BCUT2D eigenvalue weighted by Crippen LogP contribution is -2.33. The number of carbonyl (C=O) groups is 2. The summed E-state index contributed by atoms with van der Waals surface area (Å²) < 4.78 is 0. The van der Waals surface area contributed by atoms with E-state index in [1.807, 2.05) is 30.3 Å². The number of carbonyl (C=O) groups excluding carboxylic acids is 2. The van der Waals surface area contributed by atoms with Crippen molar-refractivity contribution in [3.63, 3.8) is 0 Å². The van der Waals surface area contributed by atoms with Crippen LogP contribution in [0.1, 0.15) is 18.4 Å². The van der Waals surface area contributed by atoms with Crippen molar-refractivity contribution in [1.82, 2.24) is 5.32 Å². The van der Waals surface area contributed by atoms with E-state index in [1.54, 1.807) is 0 Å². The second-order valence-electron chi connectivity index (χ2n) is 4.07. The lowest BCUT2D eigenvalue weighted by Gasteiger charge is -2.11. The molecule has 0 aliphatic carbocycles. The topological polar surface area (TPSA) is 72.2 Å². The first-order chi connectivity index (χ1) is 8.59. The molecule has 2 amide bonds. The summed E-state index contributed by atoms with van der Waals surface area (Å²) in [5.74, 6) is -0.470. The van der Waals surface area contributed by atoms with E-state index >= 15 is 0 Å². The third-order valence-electron chi connectivity index (χ3n) is 2.47. The smallest absolute Gasteiger partial charge is 0.233 e. The first-order valence-corrected chi connectivity index (χ1v) is 6.39. The minimum absolute atomic E-state index is 0.119. The van der Waals surface area contributed by atoms with Gasteiger partial charge in [0.25, 0.3) is 0 Å². The van der Waals surface area contributed by atoms with E-state index in [1.165, 1.54) is 0 Å². The molecule has 3 N–H and O–H groups in total. The highest BCUT2D eigenvalue weighted by molar-refractivity contribution is 7.81. The summed E-state index contributed by atoms with van der Waals surface area (Å²) in [4.78, 5) is 22.2. The standard InChI is InChI=1S/C13H18N2O2S/c14-12(16)7-4-8-15-13(17)11(18)9-10-5-2-1-3-6-10/h1-3,5-6,11,18H,4,7-9H2,(H2,14,16)(H,15,17)/t11-/m1/s1. The van der Waals surface area contributed by atoms with Crippen molar-refractivity contribution in [3.8, 4) is 0 Å². The monoisotopic (exact) mass is 266 g/mol. The van der Waals surface area contributed by atoms with E-state index < -0.39 is 0 Å². The molecule has 4 nitrogen and oxygen atoms in total. The summed E-state index contributed by atoms with van der Waals surface area (Å²) in [5.41, 5.74) is 6.08. The van der Waals surface area contributed by atoms with Gasteiger partial charge in [0.15, 0.2) is 0 Å². The first-order valence-electron chi connectivity index (χ1n) is 5.87. The van der Waals surface area contributed by atoms with Crippen LogP contribution in [0.25, 0.3) is 0 Å². The number of nitrogens with two attached hydrogens (primary N) is 1. The van der Waals surface area contributed by atoms with Gasteiger partial charge in [-0.1, -0.05) is 30.3 Å². The van der Waals surface area contributed by atoms with E-state index in [9.17, 15) is 9.59 Å². The lowest BCUT2D eigenvalue weighted by atomic mass is 10.1. The van der Waals surface area contributed by atoms with E-state index in [4.69, 9.17) is 5.73 Å².